The number of aromatic amines is 1. The molecule has 1 aromatic carbocycles. The zero-order valence-corrected chi connectivity index (χ0v) is 56.8. The van der Waals surface area contributed by atoms with Gasteiger partial charge < -0.3 is 102 Å². The van der Waals surface area contributed by atoms with Crippen LogP contribution in [0.15, 0.2) is 35.5 Å². The zero-order valence-electron chi connectivity index (χ0n) is 55.1. The summed E-state index contributed by atoms with van der Waals surface area (Å²) >= 11 is 2.77. The number of fused-ring (bicyclic) bond motifs is 1. The standard InChI is InChI=1S/C60H96N18O16S2/c1-8-30(3)47(76-50(84)35(61)15-12-20-66-60(64)65)57(91)74-40(25-44(62)80)54(88)72-41(26-45(63)81)55(89)77-48(31(4)9-2)58(92)78-21-13-17-43(78)56(90)73-39(24-33-27-67-36-16-11-10-14-34(33)36)53(87)75-42(29-79)51(85)68-28-46(82)69-32(5)49(83)70-37(18-22-95-6)52(86)71-38(59(93)94)19-23-96-7/h10-11,14,16,27,30-32,35,37-43,47-48,67,79H,8-9,12-13,15,17-26,28-29,61H2,1-7H3,(H2,62,80)(H2,63,81)(H,68,85)(H,69,82)(H,70,83)(H,71,86)(H,72,88)(H,73,90)(H,74,91)(H,75,87)(H,76,84)(H,77,89)(H,93,94)(H4,64,65,66)/t30-,31-,32-,35-,37-,38-,39-,40-,41-,42-,43-,47-,48-/m0/s1. The van der Waals surface area contributed by atoms with E-state index >= 15 is 0 Å². The summed E-state index contributed by atoms with van der Waals surface area (Å²) in [5.74, 6) is -13.9. The first-order chi connectivity index (χ1) is 45.4. The molecule has 13 amide bonds. The first-order valence-electron chi connectivity index (χ1n) is 31.5. The number of aliphatic hydroxyl groups is 1. The molecule has 23 N–H and O–H groups in total. The van der Waals surface area contributed by atoms with Crippen LogP contribution in [0.1, 0.15) is 104 Å². The Morgan fingerprint density at radius 3 is 1.75 bits per heavy atom. The summed E-state index contributed by atoms with van der Waals surface area (Å²) in [5, 5.41) is 45.4. The Labute approximate surface area is 564 Å². The lowest BCUT2D eigenvalue weighted by molar-refractivity contribution is -0.144. The summed E-state index contributed by atoms with van der Waals surface area (Å²) in [6.07, 6.45) is 4.91. The number of guanidine groups is 1. The number of aliphatic hydroxyl groups excluding tert-OH is 1. The van der Waals surface area contributed by atoms with Crippen molar-refractivity contribution in [2.45, 2.75) is 172 Å². The Hall–Kier alpha value is -8.77. The van der Waals surface area contributed by atoms with E-state index < -0.39 is 187 Å². The predicted octanol–water partition coefficient (Wildman–Crippen LogP) is -4.99. The number of carbonyl (C=O) groups is 14. The number of likely N-dealkylation sites (tertiary alicyclic amines) is 1. The first-order valence-corrected chi connectivity index (χ1v) is 34.2. The van der Waals surface area contributed by atoms with E-state index in [1.807, 2.05) is 0 Å². The Kier molecular flexibility index (Phi) is 35.0. The number of amides is 13. The van der Waals surface area contributed by atoms with Gasteiger partial charge >= 0.3 is 5.97 Å². The number of carbonyl (C=O) groups excluding carboxylic acids is 13. The van der Waals surface area contributed by atoms with Crippen LogP contribution in [-0.4, -0.2) is 226 Å². The number of nitrogens with zero attached hydrogens (tertiary/aromatic N) is 2. The van der Waals surface area contributed by atoms with Crippen molar-refractivity contribution in [1.29, 1.82) is 0 Å². The van der Waals surface area contributed by atoms with Crippen molar-refractivity contribution in [1.82, 2.24) is 63.1 Å². The second-order valence-corrected chi connectivity index (χ2v) is 25.3. The highest BCUT2D eigenvalue weighted by molar-refractivity contribution is 7.98. The molecule has 36 heteroatoms. The van der Waals surface area contributed by atoms with Crippen molar-refractivity contribution in [3.8, 4) is 0 Å². The molecule has 1 saturated heterocycles. The van der Waals surface area contributed by atoms with Crippen LogP contribution in [0, 0.1) is 11.8 Å². The molecule has 0 aliphatic carbocycles. The summed E-state index contributed by atoms with van der Waals surface area (Å²) < 4.78 is 0. The van der Waals surface area contributed by atoms with Crippen LogP contribution in [0.3, 0.4) is 0 Å². The lowest BCUT2D eigenvalue weighted by Gasteiger charge is -2.33. The monoisotopic (exact) mass is 1390 g/mol. The number of hydrogen-bond donors (Lipinski definition) is 18. The van der Waals surface area contributed by atoms with E-state index in [1.165, 1.54) is 35.3 Å². The number of carboxylic acid groups (broad SMARTS) is 1. The molecule has 2 heterocycles. The summed E-state index contributed by atoms with van der Waals surface area (Å²) in [7, 11) is 0. The molecule has 1 aliphatic rings. The lowest BCUT2D eigenvalue weighted by atomic mass is 9.96. The second kappa shape index (κ2) is 41.2. The van der Waals surface area contributed by atoms with Crippen molar-refractivity contribution in [3.05, 3.63) is 36.0 Å². The van der Waals surface area contributed by atoms with E-state index in [0.717, 1.165) is 0 Å². The van der Waals surface area contributed by atoms with Gasteiger partial charge in [-0.1, -0.05) is 58.7 Å². The summed E-state index contributed by atoms with van der Waals surface area (Å²) in [5.41, 5.74) is 29.1. The maximum absolute atomic E-state index is 14.8. The number of aromatic nitrogens is 1. The molecule has 0 saturated carbocycles. The summed E-state index contributed by atoms with van der Waals surface area (Å²) in [4.78, 5) is 197. The Morgan fingerprint density at radius 1 is 0.635 bits per heavy atom. The number of thioether (sulfide) groups is 2. The molecule has 13 atom stereocenters. The zero-order chi connectivity index (χ0) is 71.9. The number of benzene rings is 1. The van der Waals surface area contributed by atoms with Gasteiger partial charge in [0.1, 0.15) is 60.4 Å². The van der Waals surface area contributed by atoms with Gasteiger partial charge in [0.15, 0.2) is 5.96 Å². The normalized spacial score (nSPS) is 16.5. The van der Waals surface area contributed by atoms with E-state index in [0.29, 0.717) is 40.8 Å². The predicted molar refractivity (Wildman–Crippen MR) is 358 cm³/mol. The quantitative estimate of drug-likeness (QED) is 0.0168. The highest BCUT2D eigenvalue weighted by Crippen LogP contribution is 2.24. The van der Waals surface area contributed by atoms with Gasteiger partial charge in [-0.15, -0.1) is 0 Å². The number of nitrogens with two attached hydrogens (primary N) is 5. The highest BCUT2D eigenvalue weighted by atomic mass is 32.2. The number of aliphatic imine (C=N–C) groups is 1. The number of rotatable bonds is 43. The molecule has 34 nitrogen and oxygen atoms in total. The number of carboxylic acids is 1. The largest absolute Gasteiger partial charge is 0.480 e. The Balaban J connectivity index is 1.83. The summed E-state index contributed by atoms with van der Waals surface area (Å²) in [6, 6.07) is -8.55. The summed E-state index contributed by atoms with van der Waals surface area (Å²) in [6.45, 7) is 6.39. The van der Waals surface area contributed by atoms with Crippen molar-refractivity contribution < 1.29 is 77.3 Å². The van der Waals surface area contributed by atoms with Gasteiger partial charge in [0.2, 0.25) is 76.8 Å². The average molecular weight is 1390 g/mol. The Morgan fingerprint density at radius 2 is 1.17 bits per heavy atom. The molecule has 0 bridgehead atoms. The fraction of sp³-hybridized carbons (Fsp3) is 0.617. The first kappa shape index (κ1) is 81.5. The SMILES string of the molecule is CC[C@H](C)[C@H](NC(=O)[C@@H](N)CCCN=C(N)N)C(=O)N[C@@H](CC(N)=O)C(=O)N[C@@H](CC(N)=O)C(=O)N[C@H](C(=O)N1CCC[C@H]1C(=O)N[C@@H](Cc1c[nH]c2ccccc12)C(=O)N[C@@H](CO)C(=O)NCC(=O)N[C@@H](C)C(=O)N[C@@H](CCSC)C(=O)N[C@@H](CCSC)C(=O)O)[C@@H](C)CC. The number of hydrogen-bond acceptors (Lipinski definition) is 19. The molecule has 0 spiro atoms. The van der Waals surface area contributed by atoms with Crippen LogP contribution >= 0.6 is 23.5 Å². The van der Waals surface area contributed by atoms with Crippen LogP contribution in [0.2, 0.25) is 0 Å². The van der Waals surface area contributed by atoms with Crippen LogP contribution in [0.25, 0.3) is 10.9 Å². The molecule has 96 heavy (non-hydrogen) atoms. The maximum Gasteiger partial charge on any atom is 0.326 e. The van der Waals surface area contributed by atoms with Gasteiger partial charge in [0, 0.05) is 36.6 Å². The van der Waals surface area contributed by atoms with Gasteiger partial charge in [-0.25, -0.2) is 4.79 Å². The van der Waals surface area contributed by atoms with Crippen molar-refractivity contribution in [2.75, 3.05) is 50.3 Å². The molecule has 0 radical (unpaired) electrons. The fourth-order valence-corrected chi connectivity index (χ4v) is 11.0. The molecule has 0 unspecified atom stereocenters. The molecular weight excluding hydrogens is 1290 g/mol. The van der Waals surface area contributed by atoms with Gasteiger partial charge in [0.05, 0.1) is 32.0 Å². The van der Waals surface area contributed by atoms with E-state index in [1.54, 1.807) is 70.7 Å². The van der Waals surface area contributed by atoms with Crippen molar-refractivity contribution >= 4 is 123 Å². The fourth-order valence-electron chi connectivity index (χ4n) is 10.1. The lowest BCUT2D eigenvalue weighted by Crippen LogP contribution is -2.62. The van der Waals surface area contributed by atoms with E-state index in [2.05, 4.69) is 63.1 Å². The second-order valence-electron chi connectivity index (χ2n) is 23.4. The third-order valence-corrected chi connectivity index (χ3v) is 17.3. The van der Waals surface area contributed by atoms with Gasteiger partial charge in [-0.3, -0.25) is 67.3 Å². The number of para-hydroxylation sites is 1. The number of H-pyrrole nitrogens is 1. The minimum absolute atomic E-state index is 0.0221. The van der Waals surface area contributed by atoms with Gasteiger partial charge in [-0.2, -0.15) is 23.5 Å². The van der Waals surface area contributed by atoms with E-state index in [4.69, 9.17) is 28.7 Å². The molecule has 534 valence electrons. The third-order valence-electron chi connectivity index (χ3n) is 16.0. The Bertz CT molecular complexity index is 3080. The van der Waals surface area contributed by atoms with Crippen LogP contribution < -0.4 is 81.8 Å². The molecule has 1 aromatic heterocycles. The topological polar surface area (TPSA) is 561 Å². The molecular formula is C60H96N18O16S2. The van der Waals surface area contributed by atoms with Crippen LogP contribution in [-0.2, 0) is 73.5 Å². The van der Waals surface area contributed by atoms with Crippen molar-refractivity contribution in [3.63, 3.8) is 0 Å². The number of aliphatic carboxylic acids is 1. The number of nitrogens with one attached hydrogen (secondary N) is 11. The van der Waals surface area contributed by atoms with Gasteiger partial charge in [-0.05, 0) is 92.9 Å². The smallest absolute Gasteiger partial charge is 0.326 e. The van der Waals surface area contributed by atoms with Crippen LogP contribution in [0.4, 0.5) is 0 Å². The minimum atomic E-state index is -1.83. The number of primary amides is 2. The molecule has 3 rings (SSSR count). The van der Waals surface area contributed by atoms with E-state index in [9.17, 15) is 77.3 Å². The molecule has 2 aromatic rings. The third kappa shape index (κ3) is 26.4. The van der Waals surface area contributed by atoms with Gasteiger partial charge in [0.25, 0.3) is 0 Å². The van der Waals surface area contributed by atoms with E-state index in [-0.39, 0.29) is 64.0 Å². The average Bonchev–Trinajstić information content (AvgIpc) is 1.48. The molecule has 1 fully saturated rings. The minimum Gasteiger partial charge on any atom is -0.480 e. The van der Waals surface area contributed by atoms with Crippen LogP contribution in [0.5, 0.6) is 0 Å². The molecule has 1 aliphatic heterocycles. The maximum atomic E-state index is 14.8. The highest BCUT2D eigenvalue weighted by Gasteiger charge is 2.42. The van der Waals surface area contributed by atoms with Crippen molar-refractivity contribution in [2.24, 2.45) is 45.5 Å².